The van der Waals surface area contributed by atoms with Gasteiger partial charge in [0.15, 0.2) is 0 Å². The van der Waals surface area contributed by atoms with Crippen LogP contribution < -0.4 is 0 Å². The van der Waals surface area contributed by atoms with Crippen LogP contribution in [0.15, 0.2) is 152 Å². The molecule has 0 unspecified atom stereocenters. The van der Waals surface area contributed by atoms with Crippen LogP contribution in [0, 0.1) is 0 Å². The van der Waals surface area contributed by atoms with Crippen LogP contribution in [0.1, 0.15) is 38.7 Å². The Bertz CT molecular complexity index is 1350. The van der Waals surface area contributed by atoms with Crippen molar-refractivity contribution in [3.05, 3.63) is 179 Å². The number of benzene rings is 5. The van der Waals surface area contributed by atoms with Crippen LogP contribution in [0.4, 0.5) is 0 Å². The first-order chi connectivity index (χ1) is 18.2. The number of carbonyl (C=O) groups is 2. The van der Waals surface area contributed by atoms with E-state index in [0.29, 0.717) is 5.56 Å². The fourth-order valence-corrected chi connectivity index (χ4v) is 4.96. The molecular weight excluding hydrogens is 456 g/mol. The van der Waals surface area contributed by atoms with E-state index in [-0.39, 0.29) is 0 Å². The summed E-state index contributed by atoms with van der Waals surface area (Å²) in [6.45, 7) is 0. The summed E-state index contributed by atoms with van der Waals surface area (Å²) in [6, 6.07) is 48.2. The maximum atomic E-state index is 13.5. The molecule has 180 valence electrons. The standard InChI is InChI=1S/C34H26O3/c35-31(26-16-6-1-7-17-26)33(36)37-32(27-18-8-2-9-19-27)34(28-20-10-3-11-21-28,29-22-12-4-13-23-29)30-24-14-5-15-25-30/h1-25,32H/t32-/m1/s1. The number of ketones is 1. The lowest BCUT2D eigenvalue weighted by molar-refractivity contribution is -0.146. The van der Waals surface area contributed by atoms with E-state index in [2.05, 4.69) is 0 Å². The molecule has 0 N–H and O–H groups in total. The predicted octanol–water partition coefficient (Wildman–Crippen LogP) is 7.19. The molecule has 0 radical (unpaired) electrons. The van der Waals surface area contributed by atoms with Gasteiger partial charge in [-0.1, -0.05) is 152 Å². The van der Waals surface area contributed by atoms with E-state index in [1.54, 1.807) is 30.3 Å². The second-order valence-corrected chi connectivity index (χ2v) is 8.80. The Hall–Kier alpha value is -4.76. The largest absolute Gasteiger partial charge is 0.450 e. The van der Waals surface area contributed by atoms with Gasteiger partial charge >= 0.3 is 5.97 Å². The Morgan fingerprint density at radius 3 is 1.24 bits per heavy atom. The zero-order valence-electron chi connectivity index (χ0n) is 20.2. The van der Waals surface area contributed by atoms with Gasteiger partial charge < -0.3 is 4.74 Å². The molecule has 3 heteroatoms. The molecule has 0 aliphatic carbocycles. The smallest absolute Gasteiger partial charge is 0.380 e. The SMILES string of the molecule is O=C(O[C@H](c1ccccc1)C(c1ccccc1)(c1ccccc1)c1ccccc1)C(=O)c1ccccc1. The summed E-state index contributed by atoms with van der Waals surface area (Å²) in [4.78, 5) is 26.7. The zero-order valence-corrected chi connectivity index (χ0v) is 20.2. The number of rotatable bonds is 8. The van der Waals surface area contributed by atoms with E-state index in [1.165, 1.54) is 0 Å². The summed E-state index contributed by atoms with van der Waals surface area (Å²) in [5.74, 6) is -1.57. The fraction of sp³-hybridized carbons (Fsp3) is 0.0588. The Morgan fingerprint density at radius 1 is 0.486 bits per heavy atom. The summed E-state index contributed by atoms with van der Waals surface area (Å²) in [5, 5.41) is 0. The summed E-state index contributed by atoms with van der Waals surface area (Å²) in [5.41, 5.74) is 2.98. The van der Waals surface area contributed by atoms with E-state index in [1.807, 2.05) is 121 Å². The summed E-state index contributed by atoms with van der Waals surface area (Å²) < 4.78 is 6.29. The summed E-state index contributed by atoms with van der Waals surface area (Å²) in [6.07, 6.45) is -0.832. The monoisotopic (exact) mass is 482 g/mol. The first-order valence-electron chi connectivity index (χ1n) is 12.2. The van der Waals surface area contributed by atoms with Crippen molar-refractivity contribution < 1.29 is 14.3 Å². The highest BCUT2D eigenvalue weighted by Gasteiger charge is 2.47. The molecule has 0 aliphatic rings. The molecule has 0 saturated carbocycles. The van der Waals surface area contributed by atoms with Crippen LogP contribution in [0.3, 0.4) is 0 Å². The molecule has 0 spiro atoms. The summed E-state index contributed by atoms with van der Waals surface area (Å²) in [7, 11) is 0. The highest BCUT2D eigenvalue weighted by Crippen LogP contribution is 2.50. The fourth-order valence-electron chi connectivity index (χ4n) is 4.96. The third-order valence-electron chi connectivity index (χ3n) is 6.63. The Morgan fingerprint density at radius 2 is 0.838 bits per heavy atom. The number of Topliss-reactive ketones (excluding diaryl/α,β-unsaturated/α-hetero) is 1. The van der Waals surface area contributed by atoms with Crippen molar-refractivity contribution in [2.75, 3.05) is 0 Å². The molecule has 5 rings (SSSR count). The molecule has 5 aromatic rings. The average Bonchev–Trinajstić information content (AvgIpc) is 2.99. The topological polar surface area (TPSA) is 43.4 Å². The number of hydrogen-bond donors (Lipinski definition) is 0. The first kappa shape index (κ1) is 24.0. The number of hydrogen-bond acceptors (Lipinski definition) is 3. The number of ether oxygens (including phenoxy) is 1. The molecule has 0 aromatic heterocycles. The van der Waals surface area contributed by atoms with Gasteiger partial charge in [-0.15, -0.1) is 0 Å². The second kappa shape index (κ2) is 10.9. The lowest BCUT2D eigenvalue weighted by Gasteiger charge is -2.42. The highest BCUT2D eigenvalue weighted by atomic mass is 16.5. The van der Waals surface area contributed by atoms with Crippen molar-refractivity contribution >= 4 is 11.8 Å². The number of esters is 1. The van der Waals surface area contributed by atoms with Crippen molar-refractivity contribution in [1.82, 2.24) is 0 Å². The van der Waals surface area contributed by atoms with Gasteiger partial charge in [0.05, 0.1) is 5.41 Å². The average molecular weight is 483 g/mol. The lowest BCUT2D eigenvalue weighted by Crippen LogP contribution is -2.40. The van der Waals surface area contributed by atoms with E-state index < -0.39 is 23.3 Å². The van der Waals surface area contributed by atoms with Crippen molar-refractivity contribution in [2.24, 2.45) is 0 Å². The van der Waals surface area contributed by atoms with Crippen molar-refractivity contribution in [3.8, 4) is 0 Å². The third-order valence-corrected chi connectivity index (χ3v) is 6.63. The molecule has 1 atom stereocenters. The van der Waals surface area contributed by atoms with E-state index in [9.17, 15) is 9.59 Å². The van der Waals surface area contributed by atoms with Gasteiger partial charge in [0.2, 0.25) is 0 Å². The minimum Gasteiger partial charge on any atom is -0.450 e. The quantitative estimate of drug-likeness (QED) is 0.102. The Labute approximate surface area is 217 Å². The van der Waals surface area contributed by atoms with E-state index >= 15 is 0 Å². The van der Waals surface area contributed by atoms with Crippen LogP contribution >= 0.6 is 0 Å². The summed E-state index contributed by atoms with van der Waals surface area (Å²) >= 11 is 0. The van der Waals surface area contributed by atoms with Crippen LogP contribution in [0.2, 0.25) is 0 Å². The molecule has 0 bridgehead atoms. The normalized spacial score (nSPS) is 11.9. The minimum absolute atomic E-state index is 0.295. The van der Waals surface area contributed by atoms with Crippen LogP contribution in [0.5, 0.6) is 0 Å². The molecule has 0 fully saturated rings. The van der Waals surface area contributed by atoms with Gasteiger partial charge in [-0.3, -0.25) is 4.79 Å². The molecule has 3 nitrogen and oxygen atoms in total. The van der Waals surface area contributed by atoms with Crippen LogP contribution in [0.25, 0.3) is 0 Å². The highest BCUT2D eigenvalue weighted by molar-refractivity contribution is 6.40. The van der Waals surface area contributed by atoms with Gasteiger partial charge in [-0.25, -0.2) is 4.79 Å². The Kier molecular flexibility index (Phi) is 7.05. The molecule has 5 aromatic carbocycles. The second-order valence-electron chi connectivity index (χ2n) is 8.80. The van der Waals surface area contributed by atoms with E-state index in [0.717, 1.165) is 22.3 Å². The predicted molar refractivity (Wildman–Crippen MR) is 145 cm³/mol. The van der Waals surface area contributed by atoms with Crippen LogP contribution in [-0.2, 0) is 14.9 Å². The number of carbonyl (C=O) groups excluding carboxylic acids is 2. The molecule has 37 heavy (non-hydrogen) atoms. The molecule has 0 aliphatic heterocycles. The zero-order chi connectivity index (χ0) is 25.5. The molecule has 0 saturated heterocycles. The van der Waals surface area contributed by atoms with Gasteiger partial charge in [-0.2, -0.15) is 0 Å². The maximum absolute atomic E-state index is 13.5. The Balaban J connectivity index is 1.77. The van der Waals surface area contributed by atoms with Crippen molar-refractivity contribution in [3.63, 3.8) is 0 Å². The van der Waals surface area contributed by atoms with E-state index in [4.69, 9.17) is 4.74 Å². The van der Waals surface area contributed by atoms with Crippen LogP contribution in [-0.4, -0.2) is 11.8 Å². The molecule has 0 amide bonds. The van der Waals surface area contributed by atoms with Crippen molar-refractivity contribution in [2.45, 2.75) is 11.5 Å². The molecular formula is C34H26O3. The minimum atomic E-state index is -0.933. The first-order valence-corrected chi connectivity index (χ1v) is 12.2. The third kappa shape index (κ3) is 4.72. The van der Waals surface area contributed by atoms with Crippen molar-refractivity contribution in [1.29, 1.82) is 0 Å². The lowest BCUT2D eigenvalue weighted by atomic mass is 9.64. The van der Waals surface area contributed by atoms with Gasteiger partial charge in [0.1, 0.15) is 6.10 Å². The van der Waals surface area contributed by atoms with Gasteiger partial charge in [-0.05, 0) is 22.3 Å². The maximum Gasteiger partial charge on any atom is 0.380 e. The van der Waals surface area contributed by atoms with Gasteiger partial charge in [0.25, 0.3) is 5.78 Å². The van der Waals surface area contributed by atoms with Gasteiger partial charge in [0, 0.05) is 5.56 Å². The molecule has 0 heterocycles.